The lowest BCUT2D eigenvalue weighted by atomic mass is 10.1. The van der Waals surface area contributed by atoms with Gasteiger partial charge in [-0.05, 0) is 44.0 Å². The van der Waals surface area contributed by atoms with E-state index in [0.29, 0.717) is 6.61 Å². The lowest BCUT2D eigenvalue weighted by Crippen LogP contribution is -2.19. The minimum Gasteiger partial charge on any atom is -0.489 e. The van der Waals surface area contributed by atoms with Crippen LogP contribution < -0.4 is 10.1 Å². The van der Waals surface area contributed by atoms with Gasteiger partial charge in [-0.1, -0.05) is 31.2 Å². The van der Waals surface area contributed by atoms with Gasteiger partial charge in [0.15, 0.2) is 0 Å². The van der Waals surface area contributed by atoms with Gasteiger partial charge in [0.2, 0.25) is 0 Å². The van der Waals surface area contributed by atoms with Crippen molar-refractivity contribution in [3.05, 3.63) is 41.0 Å². The Labute approximate surface area is 105 Å². The molecule has 0 saturated carbocycles. The highest BCUT2D eigenvalue weighted by molar-refractivity contribution is 5.43. The Morgan fingerprint density at radius 2 is 1.82 bits per heavy atom. The molecule has 2 heteroatoms. The fourth-order valence-electron chi connectivity index (χ4n) is 1.92. The summed E-state index contributed by atoms with van der Waals surface area (Å²) in [5.41, 5.74) is 4.74. The molecule has 0 radical (unpaired) electrons. The molecule has 0 fully saturated rings. The number of rotatable bonds is 6. The molecule has 0 saturated heterocycles. The summed E-state index contributed by atoms with van der Waals surface area (Å²) in [7, 11) is 0. The fraction of sp³-hybridized carbons (Fsp3) is 0.467. The van der Waals surface area contributed by atoms with Crippen LogP contribution in [0.25, 0.3) is 0 Å². The van der Waals surface area contributed by atoms with E-state index in [1.54, 1.807) is 0 Å². The summed E-state index contributed by atoms with van der Waals surface area (Å²) >= 11 is 0. The number of benzene rings is 1. The zero-order valence-corrected chi connectivity index (χ0v) is 11.4. The number of hydrogen-bond donors (Lipinski definition) is 1. The number of aryl methyl sites for hydroxylation is 3. The van der Waals surface area contributed by atoms with Gasteiger partial charge in [0.1, 0.15) is 12.4 Å². The molecule has 0 heterocycles. The molecule has 1 aromatic rings. The monoisotopic (exact) mass is 233 g/mol. The van der Waals surface area contributed by atoms with E-state index in [1.807, 2.05) is 0 Å². The highest BCUT2D eigenvalue weighted by Gasteiger charge is 2.05. The molecular weight excluding hydrogens is 210 g/mol. The second-order valence-corrected chi connectivity index (χ2v) is 4.55. The van der Waals surface area contributed by atoms with Gasteiger partial charge < -0.3 is 10.1 Å². The van der Waals surface area contributed by atoms with Crippen molar-refractivity contribution >= 4 is 0 Å². The van der Waals surface area contributed by atoms with Crippen LogP contribution in [0.4, 0.5) is 0 Å². The molecule has 2 nitrogen and oxygen atoms in total. The van der Waals surface area contributed by atoms with Gasteiger partial charge in [-0.2, -0.15) is 0 Å². The third kappa shape index (κ3) is 4.23. The number of nitrogens with one attached hydrogen (secondary N) is 1. The summed E-state index contributed by atoms with van der Waals surface area (Å²) in [5.74, 6) is 0.994. The van der Waals surface area contributed by atoms with Gasteiger partial charge in [-0.3, -0.25) is 0 Å². The fourth-order valence-corrected chi connectivity index (χ4v) is 1.92. The summed E-state index contributed by atoms with van der Waals surface area (Å²) < 4.78 is 5.84. The van der Waals surface area contributed by atoms with Gasteiger partial charge in [0.05, 0.1) is 0 Å². The third-order valence-corrected chi connectivity index (χ3v) is 2.65. The van der Waals surface area contributed by atoms with Crippen LogP contribution in [0.5, 0.6) is 5.75 Å². The maximum Gasteiger partial charge on any atom is 0.125 e. The predicted molar refractivity (Wildman–Crippen MR) is 73.8 cm³/mol. The second-order valence-electron chi connectivity index (χ2n) is 4.55. The first-order chi connectivity index (χ1) is 8.04. The largest absolute Gasteiger partial charge is 0.489 e. The highest BCUT2D eigenvalue weighted by Crippen LogP contribution is 2.24. The minimum absolute atomic E-state index is 0.581. The topological polar surface area (TPSA) is 21.3 Å². The van der Waals surface area contributed by atoms with E-state index >= 15 is 0 Å². The molecule has 1 rings (SSSR count). The summed E-state index contributed by atoms with van der Waals surface area (Å²) in [5, 5.41) is 3.24. The molecule has 17 heavy (non-hydrogen) atoms. The maximum absolute atomic E-state index is 5.84. The van der Waals surface area contributed by atoms with Crippen LogP contribution >= 0.6 is 0 Å². The lowest BCUT2D eigenvalue weighted by molar-refractivity contribution is 0.343. The average Bonchev–Trinajstić information content (AvgIpc) is 2.24. The van der Waals surface area contributed by atoms with E-state index in [4.69, 9.17) is 4.74 Å². The molecule has 0 spiro atoms. The summed E-state index contributed by atoms with van der Waals surface area (Å²) in [6, 6.07) is 4.30. The van der Waals surface area contributed by atoms with E-state index < -0.39 is 0 Å². The molecule has 1 N–H and O–H groups in total. The van der Waals surface area contributed by atoms with Crippen molar-refractivity contribution in [2.45, 2.75) is 27.7 Å². The standard InChI is InChI=1S/C15H23NO/c1-6-16-9-12(3)10-17-15-13(4)7-11(2)8-14(15)5/h7-8,16H,3,6,9-10H2,1-2,4-5H3. The van der Waals surface area contributed by atoms with Crippen LogP contribution in [-0.2, 0) is 0 Å². The first-order valence-electron chi connectivity index (χ1n) is 6.12. The van der Waals surface area contributed by atoms with Gasteiger partial charge >= 0.3 is 0 Å². The molecule has 0 aliphatic rings. The smallest absolute Gasteiger partial charge is 0.125 e. The molecule has 0 bridgehead atoms. The van der Waals surface area contributed by atoms with Crippen molar-refractivity contribution < 1.29 is 4.74 Å². The molecule has 0 amide bonds. The van der Waals surface area contributed by atoms with Crippen molar-refractivity contribution in [1.82, 2.24) is 5.32 Å². The maximum atomic E-state index is 5.84. The van der Waals surface area contributed by atoms with Gasteiger partial charge in [0, 0.05) is 6.54 Å². The molecule has 0 aromatic heterocycles. The number of hydrogen-bond acceptors (Lipinski definition) is 2. The Balaban J connectivity index is 2.60. The van der Waals surface area contributed by atoms with Crippen LogP contribution in [-0.4, -0.2) is 19.7 Å². The zero-order valence-electron chi connectivity index (χ0n) is 11.4. The van der Waals surface area contributed by atoms with Crippen molar-refractivity contribution in [3.63, 3.8) is 0 Å². The van der Waals surface area contributed by atoms with Gasteiger partial charge in [-0.25, -0.2) is 0 Å². The van der Waals surface area contributed by atoms with E-state index in [9.17, 15) is 0 Å². The minimum atomic E-state index is 0.581. The Bertz CT molecular complexity index is 373. The Morgan fingerprint density at radius 1 is 1.24 bits per heavy atom. The van der Waals surface area contributed by atoms with Crippen LogP contribution in [0.1, 0.15) is 23.6 Å². The van der Waals surface area contributed by atoms with E-state index in [-0.39, 0.29) is 0 Å². The van der Waals surface area contributed by atoms with E-state index in [0.717, 1.165) is 24.4 Å². The van der Waals surface area contributed by atoms with E-state index in [2.05, 4.69) is 51.7 Å². The first kappa shape index (κ1) is 13.8. The molecule has 1 aromatic carbocycles. The van der Waals surface area contributed by atoms with Gasteiger partial charge in [-0.15, -0.1) is 0 Å². The number of likely N-dealkylation sites (N-methyl/N-ethyl adjacent to an activating group) is 1. The Hall–Kier alpha value is -1.28. The molecular formula is C15H23NO. The summed E-state index contributed by atoms with van der Waals surface area (Å²) in [6.45, 7) is 14.7. The SMILES string of the molecule is C=C(CNCC)COc1c(C)cc(C)cc1C. The molecule has 0 unspecified atom stereocenters. The van der Waals surface area contributed by atoms with Crippen molar-refractivity contribution in [3.8, 4) is 5.75 Å². The average molecular weight is 233 g/mol. The lowest BCUT2D eigenvalue weighted by Gasteiger charge is -2.14. The number of ether oxygens (including phenoxy) is 1. The second kappa shape index (κ2) is 6.45. The highest BCUT2D eigenvalue weighted by atomic mass is 16.5. The van der Waals surface area contributed by atoms with Crippen molar-refractivity contribution in [2.24, 2.45) is 0 Å². The van der Waals surface area contributed by atoms with Crippen LogP contribution in [0, 0.1) is 20.8 Å². The van der Waals surface area contributed by atoms with Crippen molar-refractivity contribution in [2.75, 3.05) is 19.7 Å². The van der Waals surface area contributed by atoms with E-state index in [1.165, 1.54) is 16.7 Å². The molecule has 94 valence electrons. The molecule has 0 aliphatic carbocycles. The quantitative estimate of drug-likeness (QED) is 0.762. The summed E-state index contributed by atoms with van der Waals surface area (Å²) in [4.78, 5) is 0. The Morgan fingerprint density at radius 3 is 2.35 bits per heavy atom. The normalized spacial score (nSPS) is 10.4. The van der Waals surface area contributed by atoms with Crippen LogP contribution in [0.15, 0.2) is 24.3 Å². The van der Waals surface area contributed by atoms with Crippen LogP contribution in [0.3, 0.4) is 0 Å². The van der Waals surface area contributed by atoms with Crippen LogP contribution in [0.2, 0.25) is 0 Å². The zero-order chi connectivity index (χ0) is 12.8. The Kier molecular flexibility index (Phi) is 5.23. The summed E-state index contributed by atoms with van der Waals surface area (Å²) in [6.07, 6.45) is 0. The molecule has 0 atom stereocenters. The first-order valence-corrected chi connectivity index (χ1v) is 6.12. The predicted octanol–water partition coefficient (Wildman–Crippen LogP) is 3.16. The third-order valence-electron chi connectivity index (χ3n) is 2.65. The molecule has 0 aliphatic heterocycles. The van der Waals surface area contributed by atoms with Crippen molar-refractivity contribution in [1.29, 1.82) is 0 Å². The van der Waals surface area contributed by atoms with Gasteiger partial charge in [0.25, 0.3) is 0 Å².